The molecular weight excluding hydrogens is 248 g/mol. The van der Waals surface area contributed by atoms with Crippen molar-refractivity contribution in [2.24, 2.45) is 0 Å². The second-order valence-electron chi connectivity index (χ2n) is 4.62. The van der Waals surface area contributed by atoms with Gasteiger partial charge in [-0.05, 0) is 23.6 Å². The highest BCUT2D eigenvalue weighted by Crippen LogP contribution is 2.30. The lowest BCUT2D eigenvalue weighted by atomic mass is 10.0. The number of anilines is 1. The Labute approximate surface area is 108 Å². The molecule has 1 aliphatic heterocycles. The smallest absolute Gasteiger partial charge is 0.345 e. The van der Waals surface area contributed by atoms with Crippen LogP contribution < -0.4 is 4.90 Å². The fourth-order valence-corrected chi connectivity index (χ4v) is 2.35. The molecule has 1 aliphatic rings. The maximum atomic E-state index is 12.0. The summed E-state index contributed by atoms with van der Waals surface area (Å²) in [6, 6.07) is 7.24. The summed E-state index contributed by atoms with van der Waals surface area (Å²) in [5.74, 6) is -2.29. The van der Waals surface area contributed by atoms with Crippen LogP contribution >= 0.6 is 0 Å². The third-order valence-corrected chi connectivity index (χ3v) is 3.50. The van der Waals surface area contributed by atoms with Crippen molar-refractivity contribution in [3.05, 3.63) is 30.5 Å². The van der Waals surface area contributed by atoms with E-state index in [4.69, 9.17) is 5.11 Å². The summed E-state index contributed by atoms with van der Waals surface area (Å²) in [4.78, 5) is 27.3. The minimum absolute atomic E-state index is 0.107. The molecule has 2 aromatic rings. The molecule has 6 heteroatoms. The van der Waals surface area contributed by atoms with E-state index < -0.39 is 17.5 Å². The van der Waals surface area contributed by atoms with Gasteiger partial charge in [0, 0.05) is 30.4 Å². The van der Waals surface area contributed by atoms with E-state index in [-0.39, 0.29) is 13.0 Å². The number of nitrogens with one attached hydrogen (secondary N) is 1. The van der Waals surface area contributed by atoms with Gasteiger partial charge in [-0.3, -0.25) is 4.79 Å². The van der Waals surface area contributed by atoms with Gasteiger partial charge in [-0.25, -0.2) is 4.79 Å². The summed E-state index contributed by atoms with van der Waals surface area (Å²) in [5, 5.41) is 19.8. The number of carboxylic acid groups (broad SMARTS) is 1. The number of aromatic amines is 1. The fraction of sp³-hybridized carbons (Fsp3) is 0.231. The van der Waals surface area contributed by atoms with E-state index in [9.17, 15) is 14.7 Å². The molecule has 0 aliphatic carbocycles. The van der Waals surface area contributed by atoms with Crippen LogP contribution in [0.3, 0.4) is 0 Å². The molecule has 3 N–H and O–H groups in total. The van der Waals surface area contributed by atoms with Crippen molar-refractivity contribution < 1.29 is 19.8 Å². The Bertz CT molecular complexity index is 678. The van der Waals surface area contributed by atoms with E-state index in [0.717, 1.165) is 10.9 Å². The van der Waals surface area contributed by atoms with Crippen molar-refractivity contribution in [1.29, 1.82) is 0 Å². The first-order chi connectivity index (χ1) is 9.02. The highest BCUT2D eigenvalue weighted by Gasteiger charge is 2.52. The Hall–Kier alpha value is -2.34. The standard InChI is InChI=1S/C13H12N2O4/c16-11-13(19,12(17)18)4-6-15(11)9-2-1-8-3-5-14-10(8)7-9/h1-3,5,7,14,19H,4,6H2,(H,17,18)/t13-/m0/s1. The lowest BCUT2D eigenvalue weighted by Gasteiger charge is -2.19. The van der Waals surface area contributed by atoms with Crippen LogP contribution in [-0.4, -0.2) is 39.2 Å². The molecule has 6 nitrogen and oxygen atoms in total. The monoisotopic (exact) mass is 260 g/mol. The average molecular weight is 260 g/mol. The minimum Gasteiger partial charge on any atom is -0.479 e. The lowest BCUT2D eigenvalue weighted by Crippen LogP contribution is -2.46. The number of benzene rings is 1. The van der Waals surface area contributed by atoms with Crippen molar-refractivity contribution in [2.45, 2.75) is 12.0 Å². The molecule has 0 unspecified atom stereocenters. The van der Waals surface area contributed by atoms with Gasteiger partial charge in [0.25, 0.3) is 5.91 Å². The molecule has 98 valence electrons. The van der Waals surface area contributed by atoms with E-state index in [1.54, 1.807) is 18.3 Å². The summed E-state index contributed by atoms with van der Waals surface area (Å²) in [7, 11) is 0. The van der Waals surface area contributed by atoms with Crippen molar-refractivity contribution >= 4 is 28.5 Å². The molecule has 1 saturated heterocycles. The van der Waals surface area contributed by atoms with Crippen molar-refractivity contribution in [3.63, 3.8) is 0 Å². The van der Waals surface area contributed by atoms with Crippen LogP contribution in [0.15, 0.2) is 30.5 Å². The van der Waals surface area contributed by atoms with E-state index in [2.05, 4.69) is 4.98 Å². The van der Waals surface area contributed by atoms with Gasteiger partial charge in [-0.2, -0.15) is 0 Å². The zero-order chi connectivity index (χ0) is 13.6. The summed E-state index contributed by atoms with van der Waals surface area (Å²) in [6.07, 6.45) is 1.68. The lowest BCUT2D eigenvalue weighted by molar-refractivity contribution is -0.162. The average Bonchev–Trinajstić information content (AvgIpc) is 2.95. The van der Waals surface area contributed by atoms with Crippen molar-refractivity contribution in [1.82, 2.24) is 4.98 Å². The number of carbonyl (C=O) groups excluding carboxylic acids is 1. The number of aliphatic hydroxyl groups is 1. The second-order valence-corrected chi connectivity index (χ2v) is 4.62. The van der Waals surface area contributed by atoms with E-state index in [1.807, 2.05) is 12.1 Å². The first kappa shape index (κ1) is 11.7. The van der Waals surface area contributed by atoms with Gasteiger partial charge in [0.05, 0.1) is 0 Å². The number of hydrogen-bond acceptors (Lipinski definition) is 3. The fourth-order valence-electron chi connectivity index (χ4n) is 2.35. The van der Waals surface area contributed by atoms with Gasteiger partial charge < -0.3 is 20.1 Å². The van der Waals surface area contributed by atoms with Crippen LogP contribution in [-0.2, 0) is 9.59 Å². The molecule has 0 saturated carbocycles. The zero-order valence-electron chi connectivity index (χ0n) is 9.96. The van der Waals surface area contributed by atoms with Crippen LogP contribution in [0.4, 0.5) is 5.69 Å². The topological polar surface area (TPSA) is 93.6 Å². The Balaban J connectivity index is 1.99. The number of H-pyrrole nitrogens is 1. The molecule has 1 aromatic heterocycles. The highest BCUT2D eigenvalue weighted by molar-refractivity contribution is 6.14. The number of nitrogens with zero attached hydrogens (tertiary/aromatic N) is 1. The normalized spacial score (nSPS) is 23.2. The first-order valence-corrected chi connectivity index (χ1v) is 5.87. The molecule has 1 atom stereocenters. The molecule has 0 spiro atoms. The molecule has 1 fully saturated rings. The summed E-state index contributed by atoms with van der Waals surface area (Å²) < 4.78 is 0. The summed E-state index contributed by atoms with van der Waals surface area (Å²) in [6.45, 7) is 0.188. The van der Waals surface area contributed by atoms with Gasteiger partial charge in [0.1, 0.15) is 0 Å². The Kier molecular flexibility index (Phi) is 2.36. The van der Waals surface area contributed by atoms with Crippen LogP contribution in [0.25, 0.3) is 10.9 Å². The van der Waals surface area contributed by atoms with Crippen LogP contribution in [0, 0.1) is 0 Å². The predicted octanol–water partition coefficient (Wildman–Crippen LogP) is 0.720. The number of carbonyl (C=O) groups is 2. The minimum atomic E-state index is -2.30. The largest absolute Gasteiger partial charge is 0.479 e. The summed E-state index contributed by atoms with van der Waals surface area (Å²) in [5.41, 5.74) is -0.863. The number of carboxylic acids is 1. The quantitative estimate of drug-likeness (QED) is 0.693. The van der Waals surface area contributed by atoms with E-state index in [0.29, 0.717) is 5.69 Å². The van der Waals surface area contributed by atoms with Gasteiger partial charge in [0.15, 0.2) is 0 Å². The number of rotatable bonds is 2. The number of amides is 1. The molecule has 0 bridgehead atoms. The Morgan fingerprint density at radius 2 is 2.16 bits per heavy atom. The van der Waals surface area contributed by atoms with Gasteiger partial charge in [-0.1, -0.05) is 6.07 Å². The molecule has 1 aromatic carbocycles. The Morgan fingerprint density at radius 1 is 1.37 bits per heavy atom. The first-order valence-electron chi connectivity index (χ1n) is 5.87. The van der Waals surface area contributed by atoms with Gasteiger partial charge in [-0.15, -0.1) is 0 Å². The molecule has 2 heterocycles. The third-order valence-electron chi connectivity index (χ3n) is 3.50. The maximum absolute atomic E-state index is 12.0. The molecule has 19 heavy (non-hydrogen) atoms. The van der Waals surface area contributed by atoms with E-state index in [1.165, 1.54) is 4.90 Å². The molecule has 1 amide bonds. The molecular formula is C13H12N2O4. The highest BCUT2D eigenvalue weighted by atomic mass is 16.4. The van der Waals surface area contributed by atoms with Crippen molar-refractivity contribution in [2.75, 3.05) is 11.4 Å². The summed E-state index contributed by atoms with van der Waals surface area (Å²) >= 11 is 0. The number of aliphatic carboxylic acids is 1. The van der Waals surface area contributed by atoms with Crippen LogP contribution in [0.2, 0.25) is 0 Å². The third kappa shape index (κ3) is 1.61. The van der Waals surface area contributed by atoms with Crippen LogP contribution in [0.5, 0.6) is 0 Å². The van der Waals surface area contributed by atoms with Gasteiger partial charge >= 0.3 is 5.97 Å². The number of aromatic nitrogens is 1. The maximum Gasteiger partial charge on any atom is 0.345 e. The number of fused-ring (bicyclic) bond motifs is 1. The predicted molar refractivity (Wildman–Crippen MR) is 67.9 cm³/mol. The Morgan fingerprint density at radius 3 is 2.84 bits per heavy atom. The van der Waals surface area contributed by atoms with E-state index >= 15 is 0 Å². The molecule has 0 radical (unpaired) electrons. The second kappa shape index (κ2) is 3.83. The van der Waals surface area contributed by atoms with Crippen LogP contribution in [0.1, 0.15) is 6.42 Å². The number of hydrogen-bond donors (Lipinski definition) is 3. The van der Waals surface area contributed by atoms with Crippen molar-refractivity contribution in [3.8, 4) is 0 Å². The molecule has 3 rings (SSSR count). The zero-order valence-corrected chi connectivity index (χ0v) is 9.96. The van der Waals surface area contributed by atoms with Gasteiger partial charge in [0.2, 0.25) is 5.60 Å². The SMILES string of the molecule is O=C(O)[C@]1(O)CCN(c2ccc3cc[nH]c3c2)C1=O.